The number of thiophene rings is 1. The van der Waals surface area contributed by atoms with Gasteiger partial charge in [0.1, 0.15) is 0 Å². The van der Waals surface area contributed by atoms with Crippen LogP contribution < -0.4 is 15.1 Å². The van der Waals surface area contributed by atoms with E-state index in [2.05, 4.69) is 88.1 Å². The van der Waals surface area contributed by atoms with Crippen LogP contribution in [-0.4, -0.2) is 38.1 Å². The number of hydrogen-bond acceptors (Lipinski definition) is 4. The molecule has 1 N–H and O–H groups in total. The SMILES string of the molecule is Cc1ccc(N2CCN3c4ccccc4C[C@H](C(=O)NCCc4cccs4)[C@@H]3C2)cc1. The number of para-hydroxylation sites is 1. The molecule has 1 fully saturated rings. The number of piperazine rings is 1. The van der Waals surface area contributed by atoms with E-state index in [1.54, 1.807) is 11.3 Å². The summed E-state index contributed by atoms with van der Waals surface area (Å²) in [7, 11) is 0. The van der Waals surface area contributed by atoms with Crippen molar-refractivity contribution in [1.82, 2.24) is 5.32 Å². The van der Waals surface area contributed by atoms with Gasteiger partial charge in [0.2, 0.25) is 5.91 Å². The third-order valence-corrected chi connectivity index (χ3v) is 7.55. The van der Waals surface area contributed by atoms with Crippen LogP contribution >= 0.6 is 11.3 Å². The number of benzene rings is 2. The number of fused-ring (bicyclic) bond motifs is 3. The van der Waals surface area contributed by atoms with E-state index in [9.17, 15) is 4.79 Å². The number of hydrogen-bond donors (Lipinski definition) is 1. The highest BCUT2D eigenvalue weighted by Gasteiger charge is 2.41. The molecule has 2 aromatic carbocycles. The first-order valence-electron chi connectivity index (χ1n) is 11.2. The predicted molar refractivity (Wildman–Crippen MR) is 129 cm³/mol. The van der Waals surface area contributed by atoms with Crippen molar-refractivity contribution in [2.45, 2.75) is 25.8 Å². The molecule has 31 heavy (non-hydrogen) atoms. The van der Waals surface area contributed by atoms with Crippen LogP contribution in [-0.2, 0) is 17.6 Å². The molecular weight excluding hydrogens is 402 g/mol. The molecule has 3 heterocycles. The lowest BCUT2D eigenvalue weighted by molar-refractivity contribution is -0.125. The van der Waals surface area contributed by atoms with E-state index >= 15 is 0 Å². The molecule has 5 rings (SSSR count). The van der Waals surface area contributed by atoms with Crippen molar-refractivity contribution in [3.05, 3.63) is 82.0 Å². The first-order chi connectivity index (χ1) is 15.2. The molecule has 0 spiro atoms. The molecule has 160 valence electrons. The Morgan fingerprint density at radius 3 is 2.71 bits per heavy atom. The molecule has 1 amide bonds. The van der Waals surface area contributed by atoms with Crippen LogP contribution in [0.25, 0.3) is 0 Å². The fourth-order valence-corrected chi connectivity index (χ4v) is 5.65. The number of nitrogens with one attached hydrogen (secondary N) is 1. The van der Waals surface area contributed by atoms with Crippen molar-refractivity contribution >= 4 is 28.6 Å². The van der Waals surface area contributed by atoms with Crippen LogP contribution in [0.1, 0.15) is 16.0 Å². The van der Waals surface area contributed by atoms with Crippen molar-refractivity contribution < 1.29 is 4.79 Å². The standard InChI is InChI=1S/C26H29N3OS/c1-19-8-10-21(11-9-19)28-14-15-29-24-7-3-2-5-20(24)17-23(25(29)18-28)26(30)27-13-12-22-6-4-16-31-22/h2-11,16,23,25H,12-15,17-18H2,1H3,(H,27,30)/t23-,25-/m0/s1. The van der Waals surface area contributed by atoms with Crippen LogP contribution in [0.5, 0.6) is 0 Å². The minimum atomic E-state index is -0.0357. The largest absolute Gasteiger partial charge is 0.368 e. The number of carbonyl (C=O) groups is 1. The molecule has 1 saturated heterocycles. The third-order valence-electron chi connectivity index (χ3n) is 6.61. The van der Waals surface area contributed by atoms with Crippen molar-refractivity contribution in [3.63, 3.8) is 0 Å². The molecule has 2 aliphatic rings. The van der Waals surface area contributed by atoms with Crippen LogP contribution in [0.15, 0.2) is 66.0 Å². The highest BCUT2D eigenvalue weighted by atomic mass is 32.1. The smallest absolute Gasteiger partial charge is 0.225 e. The van der Waals surface area contributed by atoms with Gasteiger partial charge in [-0.25, -0.2) is 0 Å². The molecule has 4 nitrogen and oxygen atoms in total. The molecule has 0 aliphatic carbocycles. The Hall–Kier alpha value is -2.79. The number of amides is 1. The van der Waals surface area contributed by atoms with Crippen molar-refractivity contribution in [3.8, 4) is 0 Å². The van der Waals surface area contributed by atoms with E-state index in [1.165, 1.54) is 27.4 Å². The maximum atomic E-state index is 13.3. The summed E-state index contributed by atoms with van der Waals surface area (Å²) in [6.07, 6.45) is 1.71. The van der Waals surface area contributed by atoms with E-state index in [4.69, 9.17) is 0 Å². The van der Waals surface area contributed by atoms with Crippen LogP contribution in [0.3, 0.4) is 0 Å². The summed E-state index contributed by atoms with van der Waals surface area (Å²) in [6, 6.07) is 21.8. The molecule has 0 unspecified atom stereocenters. The second-order valence-electron chi connectivity index (χ2n) is 8.60. The molecule has 0 radical (unpaired) electrons. The number of nitrogens with zero attached hydrogens (tertiary/aromatic N) is 2. The quantitative estimate of drug-likeness (QED) is 0.655. The van der Waals surface area contributed by atoms with E-state index in [1.807, 2.05) is 0 Å². The summed E-state index contributed by atoms with van der Waals surface area (Å²) in [5, 5.41) is 5.33. The third kappa shape index (κ3) is 4.19. The van der Waals surface area contributed by atoms with Gasteiger partial charge in [0.15, 0.2) is 0 Å². The van der Waals surface area contributed by atoms with E-state index in [0.717, 1.165) is 32.5 Å². The summed E-state index contributed by atoms with van der Waals surface area (Å²) in [5.74, 6) is 0.151. The summed E-state index contributed by atoms with van der Waals surface area (Å²) in [5.41, 5.74) is 5.12. The van der Waals surface area contributed by atoms with Crippen molar-refractivity contribution in [2.24, 2.45) is 5.92 Å². The fourth-order valence-electron chi connectivity index (χ4n) is 4.94. The zero-order valence-electron chi connectivity index (χ0n) is 18.0. The average molecular weight is 432 g/mol. The van der Waals surface area contributed by atoms with Gasteiger partial charge in [-0.1, -0.05) is 42.0 Å². The molecule has 1 aromatic heterocycles. The van der Waals surface area contributed by atoms with E-state index < -0.39 is 0 Å². The predicted octanol–water partition coefficient (Wildman–Crippen LogP) is 4.28. The van der Waals surface area contributed by atoms with Gasteiger partial charge in [-0.2, -0.15) is 0 Å². The summed E-state index contributed by atoms with van der Waals surface area (Å²) in [6.45, 7) is 5.61. The topological polar surface area (TPSA) is 35.6 Å². The molecule has 0 saturated carbocycles. The van der Waals surface area contributed by atoms with Crippen LogP contribution in [0.4, 0.5) is 11.4 Å². The first kappa shape index (κ1) is 20.1. The summed E-state index contributed by atoms with van der Waals surface area (Å²) in [4.78, 5) is 19.6. The minimum absolute atomic E-state index is 0.0357. The van der Waals surface area contributed by atoms with Crippen LogP contribution in [0, 0.1) is 12.8 Å². The second-order valence-corrected chi connectivity index (χ2v) is 9.63. The van der Waals surface area contributed by atoms with E-state index in [-0.39, 0.29) is 17.9 Å². The van der Waals surface area contributed by atoms with Crippen LogP contribution in [0.2, 0.25) is 0 Å². The Balaban J connectivity index is 1.35. The number of rotatable bonds is 5. The highest BCUT2D eigenvalue weighted by Crippen LogP contribution is 2.36. The van der Waals surface area contributed by atoms with Gasteiger partial charge in [-0.3, -0.25) is 4.79 Å². The number of aryl methyl sites for hydroxylation is 1. The van der Waals surface area contributed by atoms with Gasteiger partial charge in [0.05, 0.1) is 12.0 Å². The molecule has 3 aromatic rings. The normalized spacial score (nSPS) is 20.2. The maximum absolute atomic E-state index is 13.3. The van der Waals surface area contributed by atoms with Crippen molar-refractivity contribution in [1.29, 1.82) is 0 Å². The summed E-state index contributed by atoms with van der Waals surface area (Å²) < 4.78 is 0. The Labute approximate surface area is 188 Å². The Bertz CT molecular complexity index is 1030. The Kier molecular flexibility index (Phi) is 5.68. The fraction of sp³-hybridized carbons (Fsp3) is 0.346. The number of anilines is 2. The van der Waals surface area contributed by atoms with E-state index in [0.29, 0.717) is 6.54 Å². The van der Waals surface area contributed by atoms with Gasteiger partial charge in [-0.15, -0.1) is 11.3 Å². The molecule has 2 atom stereocenters. The lowest BCUT2D eigenvalue weighted by atomic mass is 9.83. The minimum Gasteiger partial charge on any atom is -0.368 e. The van der Waals surface area contributed by atoms with Gasteiger partial charge in [0.25, 0.3) is 0 Å². The lowest BCUT2D eigenvalue weighted by Gasteiger charge is -2.49. The highest BCUT2D eigenvalue weighted by molar-refractivity contribution is 7.09. The first-order valence-corrected chi connectivity index (χ1v) is 12.0. The molecule has 2 aliphatic heterocycles. The molecule has 5 heteroatoms. The maximum Gasteiger partial charge on any atom is 0.225 e. The van der Waals surface area contributed by atoms with Gasteiger partial charge >= 0.3 is 0 Å². The Morgan fingerprint density at radius 2 is 1.90 bits per heavy atom. The zero-order valence-corrected chi connectivity index (χ0v) is 18.8. The van der Waals surface area contributed by atoms with Crippen molar-refractivity contribution in [2.75, 3.05) is 36.0 Å². The van der Waals surface area contributed by atoms with Gasteiger partial charge < -0.3 is 15.1 Å². The average Bonchev–Trinajstić information content (AvgIpc) is 3.32. The monoisotopic (exact) mass is 431 g/mol. The molecular formula is C26H29N3OS. The zero-order chi connectivity index (χ0) is 21.2. The lowest BCUT2D eigenvalue weighted by Crippen LogP contribution is -2.61. The number of carbonyl (C=O) groups excluding carboxylic acids is 1. The Morgan fingerprint density at radius 1 is 1.06 bits per heavy atom. The van der Waals surface area contributed by atoms with Gasteiger partial charge in [-0.05, 0) is 55.0 Å². The molecule has 0 bridgehead atoms. The summed E-state index contributed by atoms with van der Waals surface area (Å²) >= 11 is 1.75. The second kappa shape index (κ2) is 8.75. The van der Waals surface area contributed by atoms with Gasteiger partial charge in [0, 0.05) is 42.4 Å².